The summed E-state index contributed by atoms with van der Waals surface area (Å²) in [5.74, 6) is -0.0186. The van der Waals surface area contributed by atoms with Crippen LogP contribution in [0.1, 0.15) is 62.3 Å². The molecule has 1 aliphatic carbocycles. The first-order chi connectivity index (χ1) is 14.5. The van der Waals surface area contributed by atoms with Crippen LogP contribution in [0.25, 0.3) is 0 Å². The van der Waals surface area contributed by atoms with Gasteiger partial charge in [0.1, 0.15) is 5.60 Å². The van der Waals surface area contributed by atoms with E-state index in [9.17, 15) is 13.6 Å². The van der Waals surface area contributed by atoms with Gasteiger partial charge in [-0.25, -0.2) is 4.79 Å². The molecule has 3 atom stereocenters. The van der Waals surface area contributed by atoms with Crippen molar-refractivity contribution in [2.24, 2.45) is 0 Å². The van der Waals surface area contributed by atoms with Crippen LogP contribution in [0.5, 0.6) is 0 Å². The van der Waals surface area contributed by atoms with E-state index in [2.05, 4.69) is 4.72 Å². The lowest BCUT2D eigenvalue weighted by molar-refractivity contribution is 0.0202. The molecular formula is C22H25Cl2N2O4S-. The van der Waals surface area contributed by atoms with Crippen LogP contribution in [0.15, 0.2) is 36.4 Å². The summed E-state index contributed by atoms with van der Waals surface area (Å²) in [6.45, 7) is 5.48. The van der Waals surface area contributed by atoms with Crippen LogP contribution < -0.4 is 4.72 Å². The van der Waals surface area contributed by atoms with E-state index in [0.717, 1.165) is 23.1 Å². The van der Waals surface area contributed by atoms with Crippen molar-refractivity contribution in [1.82, 2.24) is 4.90 Å². The average molecular weight is 484 g/mol. The van der Waals surface area contributed by atoms with E-state index in [1.807, 2.05) is 45.0 Å². The summed E-state index contributed by atoms with van der Waals surface area (Å²) in [6.07, 6.45) is 1.06. The highest BCUT2D eigenvalue weighted by atomic mass is 35.5. The van der Waals surface area contributed by atoms with E-state index in [0.29, 0.717) is 22.2 Å². The summed E-state index contributed by atoms with van der Waals surface area (Å²) in [4.78, 5) is 14.3. The number of carbonyl (C=O) groups is 1. The van der Waals surface area contributed by atoms with E-state index in [4.69, 9.17) is 27.9 Å². The molecule has 2 aromatic carbocycles. The van der Waals surface area contributed by atoms with Gasteiger partial charge in [-0.15, -0.1) is 0 Å². The van der Waals surface area contributed by atoms with Crippen molar-refractivity contribution in [3.8, 4) is 0 Å². The van der Waals surface area contributed by atoms with Crippen LogP contribution in [0.3, 0.4) is 0 Å². The van der Waals surface area contributed by atoms with Gasteiger partial charge in [-0.3, -0.25) is 4.21 Å². The fraction of sp³-hybridized carbons (Fsp3) is 0.409. The van der Waals surface area contributed by atoms with Crippen molar-refractivity contribution in [3.05, 3.63) is 63.1 Å². The third-order valence-electron chi connectivity index (χ3n) is 5.25. The zero-order chi connectivity index (χ0) is 22.9. The van der Waals surface area contributed by atoms with Crippen LogP contribution in [-0.4, -0.2) is 32.4 Å². The van der Waals surface area contributed by atoms with Crippen molar-refractivity contribution in [1.29, 1.82) is 0 Å². The standard InChI is InChI=1S/C22H26Cl2N2O4S/c1-22(2,3)30-21(27)26(4)20-10-8-15(13-5-9-18(23)19(24)11-13)17-12-14(25-31(28)29)6-7-16(17)20/h5-7,9,11-12,15,20,25H,8,10H2,1-4H3,(H,28,29)/p-1. The Kier molecular flexibility index (Phi) is 7.21. The molecule has 0 spiro atoms. The Morgan fingerprint density at radius 1 is 1.13 bits per heavy atom. The molecule has 9 heteroatoms. The lowest BCUT2D eigenvalue weighted by Crippen LogP contribution is -2.38. The van der Waals surface area contributed by atoms with E-state index < -0.39 is 23.0 Å². The second-order valence-corrected chi connectivity index (χ2v) is 10.1. The fourth-order valence-electron chi connectivity index (χ4n) is 3.91. The molecule has 0 fully saturated rings. The lowest BCUT2D eigenvalue weighted by atomic mass is 9.76. The van der Waals surface area contributed by atoms with E-state index in [1.54, 1.807) is 24.1 Å². The molecule has 3 rings (SSSR count). The Bertz CT molecular complexity index is 1010. The molecule has 6 nitrogen and oxygen atoms in total. The maximum Gasteiger partial charge on any atom is 0.410 e. The number of amides is 1. The minimum atomic E-state index is -2.44. The van der Waals surface area contributed by atoms with Gasteiger partial charge in [-0.1, -0.05) is 35.3 Å². The van der Waals surface area contributed by atoms with E-state index in [1.165, 1.54) is 0 Å². The average Bonchev–Trinajstić information content (AvgIpc) is 2.67. The van der Waals surface area contributed by atoms with Crippen molar-refractivity contribution in [2.75, 3.05) is 11.8 Å². The Labute approximate surface area is 195 Å². The minimum absolute atomic E-state index is 0.0186. The number of rotatable bonds is 4. The maximum atomic E-state index is 12.7. The number of benzene rings is 2. The van der Waals surface area contributed by atoms with Crippen LogP contribution in [0.4, 0.5) is 10.5 Å². The highest BCUT2D eigenvalue weighted by Gasteiger charge is 2.34. The third kappa shape index (κ3) is 5.71. The molecule has 168 valence electrons. The molecular weight excluding hydrogens is 459 g/mol. The molecule has 0 bridgehead atoms. The molecule has 1 amide bonds. The first-order valence-electron chi connectivity index (χ1n) is 9.87. The number of carbonyl (C=O) groups excluding carboxylic acids is 1. The zero-order valence-electron chi connectivity index (χ0n) is 17.8. The third-order valence-corrected chi connectivity index (χ3v) is 6.39. The van der Waals surface area contributed by atoms with Gasteiger partial charge < -0.3 is 18.9 Å². The molecule has 2 aromatic rings. The lowest BCUT2D eigenvalue weighted by Gasteiger charge is -2.38. The second kappa shape index (κ2) is 9.36. The number of hydrogen-bond donors (Lipinski definition) is 1. The van der Waals surface area contributed by atoms with Gasteiger partial charge in [-0.05, 0) is 74.6 Å². The SMILES string of the molecule is CN(C(=O)OC(C)(C)C)C1CCC(c2ccc(Cl)c(Cl)c2)c2cc(NS(=O)[O-])ccc21. The molecule has 0 radical (unpaired) electrons. The number of ether oxygens (including phenoxy) is 1. The van der Waals surface area contributed by atoms with Crippen molar-refractivity contribution < 1.29 is 18.3 Å². The Hall–Kier alpha value is -1.80. The van der Waals surface area contributed by atoms with Crippen molar-refractivity contribution >= 4 is 46.2 Å². The number of fused-ring (bicyclic) bond motifs is 1. The highest BCUT2D eigenvalue weighted by molar-refractivity contribution is 7.80. The predicted octanol–water partition coefficient (Wildman–Crippen LogP) is 6.03. The minimum Gasteiger partial charge on any atom is -0.755 e. The van der Waals surface area contributed by atoms with Gasteiger partial charge in [-0.2, -0.15) is 0 Å². The van der Waals surface area contributed by atoms with Gasteiger partial charge >= 0.3 is 6.09 Å². The monoisotopic (exact) mass is 483 g/mol. The quantitative estimate of drug-likeness (QED) is 0.537. The van der Waals surface area contributed by atoms with Gasteiger partial charge in [0.05, 0.1) is 16.1 Å². The predicted molar refractivity (Wildman–Crippen MR) is 123 cm³/mol. The van der Waals surface area contributed by atoms with Crippen LogP contribution in [0.2, 0.25) is 10.0 Å². The second-order valence-electron chi connectivity index (χ2n) is 8.59. The molecule has 0 saturated carbocycles. The molecule has 0 aliphatic heterocycles. The van der Waals surface area contributed by atoms with Gasteiger partial charge in [0, 0.05) is 29.9 Å². The number of halogens is 2. The van der Waals surface area contributed by atoms with Crippen LogP contribution in [0, 0.1) is 0 Å². The summed E-state index contributed by atoms with van der Waals surface area (Å²) in [5, 5.41) is 0.935. The van der Waals surface area contributed by atoms with Crippen LogP contribution >= 0.6 is 23.2 Å². The van der Waals surface area contributed by atoms with Crippen molar-refractivity contribution in [3.63, 3.8) is 0 Å². The largest absolute Gasteiger partial charge is 0.755 e. The van der Waals surface area contributed by atoms with Gasteiger partial charge in [0.2, 0.25) is 0 Å². The smallest absolute Gasteiger partial charge is 0.410 e. The summed E-state index contributed by atoms with van der Waals surface area (Å²) in [6, 6.07) is 10.7. The molecule has 0 saturated heterocycles. The van der Waals surface area contributed by atoms with Gasteiger partial charge in [0.15, 0.2) is 0 Å². The fourth-order valence-corrected chi connectivity index (χ4v) is 4.54. The van der Waals surface area contributed by atoms with E-state index in [-0.39, 0.29) is 12.0 Å². The molecule has 1 aliphatic rings. The summed E-state index contributed by atoms with van der Waals surface area (Å²) < 4.78 is 30.3. The molecule has 1 N–H and O–H groups in total. The first kappa shape index (κ1) is 23.9. The highest BCUT2D eigenvalue weighted by Crippen LogP contribution is 2.45. The summed E-state index contributed by atoms with van der Waals surface area (Å²) in [7, 11) is 1.72. The number of anilines is 1. The first-order valence-corrected chi connectivity index (χ1v) is 11.7. The number of nitrogens with one attached hydrogen (secondary N) is 1. The molecule has 31 heavy (non-hydrogen) atoms. The Morgan fingerprint density at radius 3 is 2.45 bits per heavy atom. The van der Waals surface area contributed by atoms with Crippen molar-refractivity contribution in [2.45, 2.75) is 51.2 Å². The maximum absolute atomic E-state index is 12.7. The van der Waals surface area contributed by atoms with E-state index >= 15 is 0 Å². The molecule has 0 aromatic heterocycles. The van der Waals surface area contributed by atoms with Crippen LogP contribution in [-0.2, 0) is 16.0 Å². The summed E-state index contributed by atoms with van der Waals surface area (Å²) in [5.41, 5.74) is 2.71. The number of hydrogen-bond acceptors (Lipinski definition) is 4. The molecule has 0 heterocycles. The van der Waals surface area contributed by atoms with Gasteiger partial charge in [0.25, 0.3) is 0 Å². The number of nitrogens with zero attached hydrogens (tertiary/aromatic N) is 1. The Morgan fingerprint density at radius 2 is 1.84 bits per heavy atom. The molecule has 3 unspecified atom stereocenters. The normalized spacial score (nSPS) is 19.3. The Balaban J connectivity index is 2.02. The zero-order valence-corrected chi connectivity index (χ0v) is 20.1. The topological polar surface area (TPSA) is 81.7 Å². The summed E-state index contributed by atoms with van der Waals surface area (Å²) >= 11 is 9.89.